The zero-order valence-corrected chi connectivity index (χ0v) is 11.7. The normalized spacial score (nSPS) is 23.0. The summed E-state index contributed by atoms with van der Waals surface area (Å²) in [7, 11) is 0. The molecule has 0 saturated carbocycles. The van der Waals surface area contributed by atoms with E-state index in [-0.39, 0.29) is 6.04 Å². The van der Waals surface area contributed by atoms with Gasteiger partial charge in [0.1, 0.15) is 6.04 Å². The molecule has 2 atom stereocenters. The molecule has 102 valence electrons. The fourth-order valence-electron chi connectivity index (χ4n) is 3.05. The van der Waals surface area contributed by atoms with Gasteiger partial charge in [-0.2, -0.15) is 10.2 Å². The Balaban J connectivity index is 1.56. The summed E-state index contributed by atoms with van der Waals surface area (Å²) in [5.74, 6) is 0.407. The highest BCUT2D eigenvalue weighted by atomic mass is 15.2. The highest BCUT2D eigenvalue weighted by Gasteiger charge is 2.27. The molecule has 0 N–H and O–H groups in total. The third kappa shape index (κ3) is 2.23. The number of fused-ring (bicyclic) bond motifs is 1. The molecule has 0 spiro atoms. The summed E-state index contributed by atoms with van der Waals surface area (Å²) >= 11 is 0. The third-order valence-corrected chi connectivity index (χ3v) is 4.19. The number of benzene rings is 2. The predicted octanol–water partition coefficient (Wildman–Crippen LogP) is 5.48. The summed E-state index contributed by atoms with van der Waals surface area (Å²) in [6, 6.07) is 19.0. The van der Waals surface area contributed by atoms with Crippen LogP contribution in [0.1, 0.15) is 23.6 Å². The largest absolute Gasteiger partial charge is 0.180 e. The minimum Gasteiger partial charge on any atom is -0.180 e. The average molecular weight is 272 g/mol. The molecule has 0 fully saturated rings. The van der Waals surface area contributed by atoms with Crippen molar-refractivity contribution in [3.63, 3.8) is 0 Å². The molecule has 0 saturated heterocycles. The quantitative estimate of drug-likeness (QED) is 0.691. The van der Waals surface area contributed by atoms with Crippen molar-refractivity contribution in [2.45, 2.75) is 12.5 Å². The van der Waals surface area contributed by atoms with Crippen LogP contribution in [0.25, 0.3) is 5.57 Å². The monoisotopic (exact) mass is 272 g/mol. The Kier molecular flexibility index (Phi) is 3.00. The Morgan fingerprint density at radius 1 is 0.905 bits per heavy atom. The molecule has 2 aromatic carbocycles. The smallest absolute Gasteiger partial charge is 0.105 e. The molecule has 2 unspecified atom stereocenters. The number of azo groups is 1. The summed E-state index contributed by atoms with van der Waals surface area (Å²) in [5, 5.41) is 8.77. The SMILES string of the molecule is C1=CC(C2N=Nc3ccccc32)CC=C1c1ccccc1. The molecule has 0 bridgehead atoms. The fraction of sp³-hybridized carbons (Fsp3) is 0.158. The fourth-order valence-corrected chi connectivity index (χ4v) is 3.05. The maximum atomic E-state index is 4.47. The molecule has 2 heteroatoms. The Labute approximate surface area is 124 Å². The van der Waals surface area contributed by atoms with E-state index >= 15 is 0 Å². The van der Waals surface area contributed by atoms with Gasteiger partial charge in [-0.05, 0) is 23.6 Å². The first kappa shape index (κ1) is 12.3. The highest BCUT2D eigenvalue weighted by Crippen LogP contribution is 2.43. The second-order valence-corrected chi connectivity index (χ2v) is 5.50. The number of hydrogen-bond acceptors (Lipinski definition) is 2. The van der Waals surface area contributed by atoms with Crippen LogP contribution in [0.15, 0.2) is 83.1 Å². The maximum absolute atomic E-state index is 4.47. The van der Waals surface area contributed by atoms with Crippen molar-refractivity contribution in [2.75, 3.05) is 0 Å². The number of hydrogen-bond donors (Lipinski definition) is 0. The van der Waals surface area contributed by atoms with E-state index in [9.17, 15) is 0 Å². The van der Waals surface area contributed by atoms with Gasteiger partial charge in [0.25, 0.3) is 0 Å². The summed E-state index contributed by atoms with van der Waals surface area (Å²) in [5.41, 5.74) is 4.85. The lowest BCUT2D eigenvalue weighted by Gasteiger charge is -2.20. The van der Waals surface area contributed by atoms with Crippen LogP contribution in [0.5, 0.6) is 0 Å². The van der Waals surface area contributed by atoms with Gasteiger partial charge in [-0.3, -0.25) is 0 Å². The van der Waals surface area contributed by atoms with E-state index in [0.29, 0.717) is 5.92 Å². The van der Waals surface area contributed by atoms with E-state index in [4.69, 9.17) is 0 Å². The second-order valence-electron chi connectivity index (χ2n) is 5.50. The molecular weight excluding hydrogens is 256 g/mol. The van der Waals surface area contributed by atoms with Crippen LogP contribution in [0.2, 0.25) is 0 Å². The molecule has 21 heavy (non-hydrogen) atoms. The lowest BCUT2D eigenvalue weighted by atomic mass is 9.85. The van der Waals surface area contributed by atoms with Gasteiger partial charge in [0, 0.05) is 11.5 Å². The average Bonchev–Trinajstić information content (AvgIpc) is 3.00. The van der Waals surface area contributed by atoms with E-state index < -0.39 is 0 Å². The molecule has 4 rings (SSSR count). The Hall–Kier alpha value is -2.48. The molecule has 2 aliphatic rings. The Morgan fingerprint density at radius 2 is 1.71 bits per heavy atom. The molecule has 1 heterocycles. The molecular formula is C19H16N2. The van der Waals surface area contributed by atoms with Crippen LogP contribution >= 0.6 is 0 Å². The molecule has 1 aliphatic heterocycles. The van der Waals surface area contributed by atoms with Crippen molar-refractivity contribution in [1.29, 1.82) is 0 Å². The molecule has 2 aromatic rings. The first-order valence-electron chi connectivity index (χ1n) is 7.35. The standard InChI is InChI=1S/C19H16N2/c1-2-6-14(7-3-1)15-10-12-16(13-11-15)19-17-8-4-5-9-18(17)20-21-19/h1-12,16,19H,13H2. The Bertz CT molecular complexity index is 741. The van der Waals surface area contributed by atoms with Gasteiger partial charge in [0.15, 0.2) is 0 Å². The van der Waals surface area contributed by atoms with Crippen LogP contribution in [0, 0.1) is 5.92 Å². The second kappa shape index (κ2) is 5.13. The lowest BCUT2D eigenvalue weighted by molar-refractivity contribution is 0.526. The Morgan fingerprint density at radius 3 is 2.52 bits per heavy atom. The molecule has 0 amide bonds. The van der Waals surface area contributed by atoms with Gasteiger partial charge < -0.3 is 0 Å². The van der Waals surface area contributed by atoms with Crippen LogP contribution in [-0.4, -0.2) is 0 Å². The molecule has 1 aliphatic carbocycles. The van der Waals surface area contributed by atoms with Crippen LogP contribution < -0.4 is 0 Å². The van der Waals surface area contributed by atoms with E-state index in [1.807, 2.05) is 12.1 Å². The minimum absolute atomic E-state index is 0.172. The summed E-state index contributed by atoms with van der Waals surface area (Å²) in [6.07, 6.45) is 7.84. The highest BCUT2D eigenvalue weighted by molar-refractivity contribution is 5.75. The van der Waals surface area contributed by atoms with Gasteiger partial charge in [-0.1, -0.05) is 66.8 Å². The summed E-state index contributed by atoms with van der Waals surface area (Å²) in [6.45, 7) is 0. The molecule has 0 radical (unpaired) electrons. The zero-order valence-electron chi connectivity index (χ0n) is 11.7. The van der Waals surface area contributed by atoms with E-state index in [2.05, 4.69) is 70.9 Å². The van der Waals surface area contributed by atoms with Gasteiger partial charge in [-0.15, -0.1) is 0 Å². The van der Waals surface area contributed by atoms with Crippen molar-refractivity contribution in [2.24, 2.45) is 16.1 Å². The van der Waals surface area contributed by atoms with Gasteiger partial charge >= 0.3 is 0 Å². The van der Waals surface area contributed by atoms with Crippen LogP contribution in [0.4, 0.5) is 5.69 Å². The van der Waals surface area contributed by atoms with Crippen LogP contribution in [0.3, 0.4) is 0 Å². The van der Waals surface area contributed by atoms with Gasteiger partial charge in [-0.25, -0.2) is 0 Å². The van der Waals surface area contributed by atoms with Crippen molar-refractivity contribution < 1.29 is 0 Å². The lowest BCUT2D eigenvalue weighted by Crippen LogP contribution is -2.08. The van der Waals surface area contributed by atoms with Crippen molar-refractivity contribution in [1.82, 2.24) is 0 Å². The third-order valence-electron chi connectivity index (χ3n) is 4.19. The number of rotatable bonds is 2. The number of nitrogens with zero attached hydrogens (tertiary/aromatic N) is 2. The first-order valence-corrected chi connectivity index (χ1v) is 7.35. The first-order chi connectivity index (χ1) is 10.4. The summed E-state index contributed by atoms with van der Waals surface area (Å²) in [4.78, 5) is 0. The maximum Gasteiger partial charge on any atom is 0.105 e. The van der Waals surface area contributed by atoms with Crippen LogP contribution in [-0.2, 0) is 0 Å². The van der Waals surface area contributed by atoms with E-state index in [1.165, 1.54) is 16.7 Å². The van der Waals surface area contributed by atoms with E-state index in [0.717, 1.165) is 12.1 Å². The minimum atomic E-state index is 0.172. The van der Waals surface area contributed by atoms with Crippen molar-refractivity contribution >= 4 is 11.3 Å². The molecule has 0 aromatic heterocycles. The van der Waals surface area contributed by atoms with Gasteiger partial charge in [0.05, 0.1) is 5.69 Å². The van der Waals surface area contributed by atoms with E-state index in [1.54, 1.807) is 0 Å². The van der Waals surface area contributed by atoms with Crippen molar-refractivity contribution in [3.8, 4) is 0 Å². The zero-order chi connectivity index (χ0) is 14.1. The predicted molar refractivity (Wildman–Crippen MR) is 85.4 cm³/mol. The number of allylic oxidation sites excluding steroid dienone is 3. The van der Waals surface area contributed by atoms with Gasteiger partial charge in [0.2, 0.25) is 0 Å². The van der Waals surface area contributed by atoms with Crippen molar-refractivity contribution in [3.05, 3.63) is 84.0 Å². The summed E-state index contributed by atoms with van der Waals surface area (Å²) < 4.78 is 0. The molecule has 2 nitrogen and oxygen atoms in total. The topological polar surface area (TPSA) is 24.7 Å².